The minimum absolute atomic E-state index is 0.198. The zero-order chi connectivity index (χ0) is 16.6. The zero-order valence-electron chi connectivity index (χ0n) is 12.0. The van der Waals surface area contributed by atoms with Gasteiger partial charge in [-0.15, -0.1) is 0 Å². The molecule has 0 unspecified atom stereocenters. The number of hydrogen-bond acceptors (Lipinski definition) is 5. The summed E-state index contributed by atoms with van der Waals surface area (Å²) in [5.41, 5.74) is 6.46. The van der Waals surface area contributed by atoms with Crippen molar-refractivity contribution >= 4 is 0 Å². The van der Waals surface area contributed by atoms with E-state index >= 15 is 0 Å². The van der Waals surface area contributed by atoms with Crippen LogP contribution in [0, 0.1) is 0 Å². The van der Waals surface area contributed by atoms with E-state index in [1.807, 2.05) is 0 Å². The lowest BCUT2D eigenvalue weighted by Crippen LogP contribution is -2.04. The number of alkyl halides is 3. The van der Waals surface area contributed by atoms with Crippen LogP contribution in [0.2, 0.25) is 0 Å². The molecule has 0 saturated carbocycles. The average molecular weight is 323 g/mol. The molecule has 0 saturated heterocycles. The van der Waals surface area contributed by atoms with Crippen LogP contribution in [0.25, 0.3) is 23.0 Å². The highest BCUT2D eigenvalue weighted by Gasteiger charge is 2.30. The van der Waals surface area contributed by atoms with Crippen molar-refractivity contribution in [1.29, 1.82) is 0 Å². The summed E-state index contributed by atoms with van der Waals surface area (Å²) >= 11 is 0. The summed E-state index contributed by atoms with van der Waals surface area (Å²) in [6.07, 6.45) is -4.38. The number of nitrogens with zero attached hydrogens (tertiary/aromatic N) is 4. The summed E-state index contributed by atoms with van der Waals surface area (Å²) in [6, 6.07) is 6.26. The molecule has 0 bridgehead atoms. The third-order valence-corrected chi connectivity index (χ3v) is 3.26. The summed E-state index contributed by atoms with van der Waals surface area (Å²) in [5.74, 6) is 0.416. The molecule has 9 heteroatoms. The summed E-state index contributed by atoms with van der Waals surface area (Å²) in [4.78, 5) is 4.19. The maximum atomic E-state index is 12.6. The molecule has 0 aliphatic rings. The lowest BCUT2D eigenvalue weighted by molar-refractivity contribution is -0.137. The van der Waals surface area contributed by atoms with Gasteiger partial charge in [0.05, 0.1) is 11.3 Å². The largest absolute Gasteiger partial charge is 0.416 e. The van der Waals surface area contributed by atoms with Crippen LogP contribution in [0.1, 0.15) is 11.3 Å². The van der Waals surface area contributed by atoms with Crippen LogP contribution >= 0.6 is 0 Å². The molecule has 0 atom stereocenters. The molecule has 0 amide bonds. The molecule has 0 fully saturated rings. The maximum absolute atomic E-state index is 12.6. The van der Waals surface area contributed by atoms with Crippen molar-refractivity contribution in [2.45, 2.75) is 12.7 Å². The van der Waals surface area contributed by atoms with Gasteiger partial charge in [0.2, 0.25) is 5.82 Å². The van der Waals surface area contributed by atoms with Crippen LogP contribution in [0.5, 0.6) is 0 Å². The van der Waals surface area contributed by atoms with E-state index in [2.05, 4.69) is 15.2 Å². The molecule has 3 rings (SSSR count). The lowest BCUT2D eigenvalue weighted by atomic mass is 10.1. The molecule has 2 N–H and O–H groups in total. The number of nitrogens with two attached hydrogens (primary N) is 1. The van der Waals surface area contributed by atoms with E-state index in [-0.39, 0.29) is 18.3 Å². The average Bonchev–Trinajstić information content (AvgIpc) is 3.12. The second-order valence-electron chi connectivity index (χ2n) is 4.85. The van der Waals surface area contributed by atoms with E-state index in [1.165, 1.54) is 12.1 Å². The van der Waals surface area contributed by atoms with Gasteiger partial charge in [0, 0.05) is 19.2 Å². The molecule has 6 nitrogen and oxygen atoms in total. The molecule has 23 heavy (non-hydrogen) atoms. The molecule has 0 aliphatic heterocycles. The molecule has 120 valence electrons. The third-order valence-electron chi connectivity index (χ3n) is 3.26. The van der Waals surface area contributed by atoms with Gasteiger partial charge in [-0.25, -0.2) is 0 Å². The molecule has 0 aliphatic carbocycles. The first-order valence-electron chi connectivity index (χ1n) is 6.63. The molecule has 3 aromatic rings. The Hall–Kier alpha value is -2.68. The zero-order valence-corrected chi connectivity index (χ0v) is 12.0. The van der Waals surface area contributed by atoms with Crippen molar-refractivity contribution in [3.05, 3.63) is 41.6 Å². The van der Waals surface area contributed by atoms with Gasteiger partial charge >= 0.3 is 6.18 Å². The first-order valence-corrected chi connectivity index (χ1v) is 6.63. The highest BCUT2D eigenvalue weighted by Crippen LogP contribution is 2.30. The van der Waals surface area contributed by atoms with Gasteiger partial charge < -0.3 is 10.3 Å². The van der Waals surface area contributed by atoms with Crippen molar-refractivity contribution in [3.8, 4) is 23.0 Å². The number of hydrogen-bond donors (Lipinski definition) is 1. The van der Waals surface area contributed by atoms with Gasteiger partial charge in [0.1, 0.15) is 5.69 Å². The number of rotatable bonds is 3. The minimum atomic E-state index is -4.38. The predicted molar refractivity (Wildman–Crippen MR) is 74.8 cm³/mol. The van der Waals surface area contributed by atoms with Crippen molar-refractivity contribution < 1.29 is 17.7 Å². The van der Waals surface area contributed by atoms with E-state index in [0.29, 0.717) is 17.0 Å². The maximum Gasteiger partial charge on any atom is 0.416 e. The van der Waals surface area contributed by atoms with Crippen LogP contribution in [-0.4, -0.2) is 19.9 Å². The first-order chi connectivity index (χ1) is 10.9. The Balaban J connectivity index is 1.91. The van der Waals surface area contributed by atoms with Gasteiger partial charge in [-0.05, 0) is 18.2 Å². The summed E-state index contributed by atoms with van der Waals surface area (Å²) in [6.45, 7) is 0.272. The van der Waals surface area contributed by atoms with E-state index in [4.69, 9.17) is 10.3 Å². The highest BCUT2D eigenvalue weighted by molar-refractivity contribution is 5.58. The molecule has 0 spiro atoms. The second kappa shape index (κ2) is 5.51. The Labute approximate surface area is 128 Å². The Morgan fingerprint density at radius 3 is 2.48 bits per heavy atom. The standard InChI is InChI=1S/C14H12F3N5O/c1-22-11(6-10(7-18)20-22)13-19-12(21-23-13)8-2-4-9(5-3-8)14(15,16)17/h2-6H,7,18H2,1H3. The van der Waals surface area contributed by atoms with Gasteiger partial charge in [0.15, 0.2) is 0 Å². The van der Waals surface area contributed by atoms with Gasteiger partial charge in [0.25, 0.3) is 5.89 Å². The van der Waals surface area contributed by atoms with Crippen LogP contribution < -0.4 is 5.73 Å². The molecule has 1 aromatic carbocycles. The Morgan fingerprint density at radius 1 is 1.22 bits per heavy atom. The quantitative estimate of drug-likeness (QED) is 0.801. The molecular weight excluding hydrogens is 311 g/mol. The molecular formula is C14H12F3N5O. The van der Waals surface area contributed by atoms with Crippen molar-refractivity contribution in [2.75, 3.05) is 0 Å². The fourth-order valence-electron chi connectivity index (χ4n) is 2.08. The van der Waals surface area contributed by atoms with Gasteiger partial charge in [-0.1, -0.05) is 17.3 Å². The smallest absolute Gasteiger partial charge is 0.332 e. The predicted octanol–water partition coefficient (Wildman–Crippen LogP) is 2.61. The third kappa shape index (κ3) is 2.95. The summed E-state index contributed by atoms with van der Waals surface area (Å²) in [5, 5.41) is 7.96. The van der Waals surface area contributed by atoms with Crippen molar-refractivity contribution in [1.82, 2.24) is 19.9 Å². The molecule has 2 heterocycles. The van der Waals surface area contributed by atoms with Crippen LogP contribution in [0.15, 0.2) is 34.9 Å². The minimum Gasteiger partial charge on any atom is -0.332 e. The Kier molecular flexibility index (Phi) is 3.64. The van der Waals surface area contributed by atoms with Crippen LogP contribution in [0.3, 0.4) is 0 Å². The van der Waals surface area contributed by atoms with E-state index in [1.54, 1.807) is 17.8 Å². The Morgan fingerprint density at radius 2 is 1.91 bits per heavy atom. The van der Waals surface area contributed by atoms with Crippen molar-refractivity contribution in [3.63, 3.8) is 0 Å². The second-order valence-corrected chi connectivity index (χ2v) is 4.85. The van der Waals surface area contributed by atoms with Crippen LogP contribution in [-0.2, 0) is 19.8 Å². The monoisotopic (exact) mass is 323 g/mol. The molecule has 2 aromatic heterocycles. The van der Waals surface area contributed by atoms with Gasteiger partial charge in [-0.3, -0.25) is 4.68 Å². The van der Waals surface area contributed by atoms with Crippen LogP contribution in [0.4, 0.5) is 13.2 Å². The van der Waals surface area contributed by atoms with Gasteiger partial charge in [-0.2, -0.15) is 23.3 Å². The number of aromatic nitrogens is 4. The fraction of sp³-hybridized carbons (Fsp3) is 0.214. The van der Waals surface area contributed by atoms with E-state index in [0.717, 1.165) is 12.1 Å². The normalized spacial score (nSPS) is 11.9. The summed E-state index contributed by atoms with van der Waals surface area (Å²) in [7, 11) is 1.70. The van der Waals surface area contributed by atoms with E-state index in [9.17, 15) is 13.2 Å². The number of aryl methyl sites for hydroxylation is 1. The number of benzene rings is 1. The fourth-order valence-corrected chi connectivity index (χ4v) is 2.08. The lowest BCUT2D eigenvalue weighted by Gasteiger charge is -2.05. The van der Waals surface area contributed by atoms with Crippen molar-refractivity contribution in [2.24, 2.45) is 12.8 Å². The van der Waals surface area contributed by atoms with E-state index < -0.39 is 11.7 Å². The first kappa shape index (κ1) is 15.2. The molecule has 0 radical (unpaired) electrons. The highest BCUT2D eigenvalue weighted by atomic mass is 19.4. The topological polar surface area (TPSA) is 82.8 Å². The Bertz CT molecular complexity index is 820. The number of halogens is 3. The SMILES string of the molecule is Cn1nc(CN)cc1-c1nc(-c2ccc(C(F)(F)F)cc2)no1. The summed E-state index contributed by atoms with van der Waals surface area (Å²) < 4.78 is 44.4.